The van der Waals surface area contributed by atoms with Crippen molar-refractivity contribution in [2.24, 2.45) is 0 Å². The van der Waals surface area contributed by atoms with Gasteiger partial charge < -0.3 is 15.0 Å². The zero-order valence-electron chi connectivity index (χ0n) is 9.73. The molecule has 2 rings (SSSR count). The van der Waals surface area contributed by atoms with Gasteiger partial charge in [0.15, 0.2) is 0 Å². The number of ether oxygens (including phenoxy) is 1. The summed E-state index contributed by atoms with van der Waals surface area (Å²) in [6.07, 6.45) is 0. The van der Waals surface area contributed by atoms with Crippen LogP contribution in [0.2, 0.25) is 0 Å². The van der Waals surface area contributed by atoms with E-state index >= 15 is 0 Å². The van der Waals surface area contributed by atoms with Crippen LogP contribution in [0.3, 0.4) is 0 Å². The first-order valence-electron chi connectivity index (χ1n) is 5.63. The maximum absolute atomic E-state index is 13.3. The highest BCUT2D eigenvalue weighted by molar-refractivity contribution is 5.89. The first kappa shape index (κ1) is 12.8. The third kappa shape index (κ3) is 3.40. The fraction of sp³-hybridized carbons (Fsp3) is 0.417. The van der Waals surface area contributed by atoms with Crippen molar-refractivity contribution in [1.82, 2.24) is 4.90 Å². The highest BCUT2D eigenvalue weighted by Gasteiger charge is 2.36. The Morgan fingerprint density at radius 1 is 1.33 bits per heavy atom. The van der Waals surface area contributed by atoms with Crippen LogP contribution in [0.4, 0.5) is 19.3 Å². The highest BCUT2D eigenvalue weighted by atomic mass is 19.3. The maximum atomic E-state index is 13.3. The average Bonchev–Trinajstić information content (AvgIpc) is 2.51. The Bertz CT molecular complexity index is 412. The maximum Gasteiger partial charge on any atom is 0.322 e. The van der Waals surface area contributed by atoms with Gasteiger partial charge in [-0.05, 0) is 12.1 Å². The van der Waals surface area contributed by atoms with E-state index in [0.717, 1.165) is 4.90 Å². The van der Waals surface area contributed by atoms with E-state index < -0.39 is 25.1 Å². The molecule has 0 bridgehead atoms. The monoisotopic (exact) mass is 256 g/mol. The van der Waals surface area contributed by atoms with Crippen molar-refractivity contribution in [2.45, 2.75) is 5.92 Å². The molecule has 0 spiro atoms. The summed E-state index contributed by atoms with van der Waals surface area (Å²) in [6, 6.07) is 8.19. The lowest BCUT2D eigenvalue weighted by Crippen LogP contribution is -2.43. The Balaban J connectivity index is 2.00. The number of alkyl halides is 2. The van der Waals surface area contributed by atoms with Gasteiger partial charge in [0.2, 0.25) is 0 Å². The number of nitrogens with zero attached hydrogens (tertiary/aromatic N) is 1. The van der Waals surface area contributed by atoms with Crippen LogP contribution in [0.15, 0.2) is 30.3 Å². The van der Waals surface area contributed by atoms with E-state index in [1.165, 1.54) is 0 Å². The Morgan fingerprint density at radius 3 is 2.78 bits per heavy atom. The second-order valence-electron chi connectivity index (χ2n) is 4.13. The smallest absolute Gasteiger partial charge is 0.322 e. The van der Waals surface area contributed by atoms with Crippen LogP contribution in [-0.2, 0) is 4.74 Å². The van der Waals surface area contributed by atoms with Gasteiger partial charge >= 0.3 is 6.03 Å². The van der Waals surface area contributed by atoms with Crippen LogP contribution in [0.1, 0.15) is 0 Å². The molecule has 0 radical (unpaired) electrons. The third-order valence-corrected chi connectivity index (χ3v) is 2.55. The van der Waals surface area contributed by atoms with Gasteiger partial charge in [-0.25, -0.2) is 13.6 Å². The van der Waals surface area contributed by atoms with Gasteiger partial charge in [0.05, 0.1) is 13.2 Å². The first-order chi connectivity index (χ1) is 8.57. The molecular weight excluding hydrogens is 242 g/mol. The fourth-order valence-electron chi connectivity index (χ4n) is 1.70. The number of benzene rings is 1. The minimum absolute atomic E-state index is 0.123. The number of rotatable bonds is 1. The molecule has 1 N–H and O–H groups in total. The van der Waals surface area contributed by atoms with E-state index in [1.807, 2.05) is 6.07 Å². The molecule has 1 aromatic carbocycles. The van der Waals surface area contributed by atoms with E-state index in [1.54, 1.807) is 24.3 Å². The number of nitrogens with one attached hydrogen (secondary N) is 1. The van der Waals surface area contributed by atoms with Crippen molar-refractivity contribution in [2.75, 3.05) is 31.6 Å². The molecule has 0 unspecified atom stereocenters. The summed E-state index contributed by atoms with van der Waals surface area (Å²) >= 11 is 0. The van der Waals surface area contributed by atoms with Crippen LogP contribution >= 0.6 is 0 Å². The Morgan fingerprint density at radius 2 is 2.06 bits per heavy atom. The molecule has 98 valence electrons. The molecule has 1 aliphatic heterocycles. The average molecular weight is 256 g/mol. The van der Waals surface area contributed by atoms with Crippen LogP contribution in [0, 0.1) is 0 Å². The van der Waals surface area contributed by atoms with E-state index in [-0.39, 0.29) is 13.2 Å². The van der Waals surface area contributed by atoms with E-state index in [2.05, 4.69) is 5.32 Å². The van der Waals surface area contributed by atoms with Gasteiger partial charge in [-0.15, -0.1) is 0 Å². The molecule has 18 heavy (non-hydrogen) atoms. The summed E-state index contributed by atoms with van der Waals surface area (Å²) in [7, 11) is 0. The second kappa shape index (κ2) is 5.30. The summed E-state index contributed by atoms with van der Waals surface area (Å²) < 4.78 is 31.3. The Kier molecular flexibility index (Phi) is 3.76. The minimum Gasteiger partial charge on any atom is -0.373 e. The molecule has 6 heteroatoms. The van der Waals surface area contributed by atoms with Crippen LogP contribution < -0.4 is 5.32 Å². The largest absolute Gasteiger partial charge is 0.373 e. The second-order valence-corrected chi connectivity index (χ2v) is 4.13. The summed E-state index contributed by atoms with van der Waals surface area (Å²) in [5, 5.41) is 2.58. The van der Waals surface area contributed by atoms with Gasteiger partial charge in [0.1, 0.15) is 6.61 Å². The van der Waals surface area contributed by atoms with Crippen molar-refractivity contribution in [3.05, 3.63) is 30.3 Å². The number of hydrogen-bond donors (Lipinski definition) is 1. The molecule has 1 saturated heterocycles. The zero-order valence-corrected chi connectivity index (χ0v) is 9.73. The van der Waals surface area contributed by atoms with Gasteiger partial charge in [-0.1, -0.05) is 18.2 Å². The number of halogens is 2. The predicted octanol–water partition coefficient (Wildman–Crippen LogP) is 2.19. The number of anilines is 1. The van der Waals surface area contributed by atoms with Crippen molar-refractivity contribution in [3.8, 4) is 0 Å². The third-order valence-electron chi connectivity index (χ3n) is 2.55. The summed E-state index contributed by atoms with van der Waals surface area (Å²) in [5.74, 6) is -3.00. The number of urea groups is 1. The Labute approximate surface area is 104 Å². The molecule has 4 nitrogen and oxygen atoms in total. The summed E-state index contributed by atoms with van der Waals surface area (Å²) in [5.41, 5.74) is 0.580. The van der Waals surface area contributed by atoms with Crippen LogP contribution in [-0.4, -0.2) is 43.2 Å². The number of hydrogen-bond acceptors (Lipinski definition) is 2. The number of carbonyl (C=O) groups excluding carboxylic acids is 1. The van der Waals surface area contributed by atoms with Crippen LogP contribution in [0.25, 0.3) is 0 Å². The molecular formula is C12H14F2N2O2. The minimum atomic E-state index is -3.00. The molecule has 1 fully saturated rings. The summed E-state index contributed by atoms with van der Waals surface area (Å²) in [6.45, 7) is -0.972. The molecule has 0 saturated carbocycles. The van der Waals surface area contributed by atoms with E-state index in [9.17, 15) is 13.6 Å². The zero-order chi connectivity index (χ0) is 13.0. The Hall–Kier alpha value is -1.69. The van der Waals surface area contributed by atoms with Crippen molar-refractivity contribution < 1.29 is 18.3 Å². The number of amides is 2. The topological polar surface area (TPSA) is 41.6 Å². The molecule has 2 amide bonds. The van der Waals surface area contributed by atoms with E-state index in [0.29, 0.717) is 5.69 Å². The van der Waals surface area contributed by atoms with Crippen molar-refractivity contribution >= 4 is 11.7 Å². The molecule has 1 aliphatic rings. The molecule has 1 heterocycles. The molecule has 0 aliphatic carbocycles. The van der Waals surface area contributed by atoms with Gasteiger partial charge in [-0.2, -0.15) is 0 Å². The number of carbonyl (C=O) groups is 1. The van der Waals surface area contributed by atoms with Gasteiger partial charge in [0, 0.05) is 12.2 Å². The lowest BCUT2D eigenvalue weighted by molar-refractivity contribution is -0.0648. The predicted molar refractivity (Wildman–Crippen MR) is 62.8 cm³/mol. The highest BCUT2D eigenvalue weighted by Crippen LogP contribution is 2.19. The number of para-hydroxylation sites is 1. The fourth-order valence-corrected chi connectivity index (χ4v) is 1.70. The molecule has 0 aromatic heterocycles. The summed E-state index contributed by atoms with van der Waals surface area (Å²) in [4.78, 5) is 12.9. The van der Waals surface area contributed by atoms with Crippen LogP contribution in [0.5, 0.6) is 0 Å². The van der Waals surface area contributed by atoms with E-state index in [4.69, 9.17) is 4.74 Å². The van der Waals surface area contributed by atoms with Crippen molar-refractivity contribution in [3.63, 3.8) is 0 Å². The lowest BCUT2D eigenvalue weighted by Gasteiger charge is -2.23. The van der Waals surface area contributed by atoms with Gasteiger partial charge in [0.25, 0.3) is 5.92 Å². The molecule has 0 atom stereocenters. The van der Waals surface area contributed by atoms with Gasteiger partial charge in [-0.3, -0.25) is 0 Å². The first-order valence-corrected chi connectivity index (χ1v) is 5.63. The standard InChI is InChI=1S/C12H14F2N2O2/c13-12(14)8-16(6-7-18-9-12)11(17)15-10-4-2-1-3-5-10/h1-5H,6-9H2,(H,15,17). The normalized spacial score (nSPS) is 19.1. The quantitative estimate of drug-likeness (QED) is 0.836. The molecule has 1 aromatic rings. The van der Waals surface area contributed by atoms with Crippen molar-refractivity contribution in [1.29, 1.82) is 0 Å². The lowest BCUT2D eigenvalue weighted by atomic mass is 10.3. The SMILES string of the molecule is O=C(Nc1ccccc1)N1CCOCC(F)(F)C1.